The Morgan fingerprint density at radius 2 is 1.39 bits per heavy atom. The third-order valence-electron chi connectivity index (χ3n) is 7.78. The van der Waals surface area contributed by atoms with E-state index in [1.165, 1.54) is 0 Å². The molecular formula is C21H36O12. The van der Waals surface area contributed by atoms with Crippen LogP contribution < -0.4 is 0 Å². The SMILES string of the molecule is OC[C@H]1O[C@@H](OC2CC3C(CC(O)C(O)C3O)OC2C2CCC(O)C(O)C2)[C@H](O)[C@@H](O)[C@@H]1O. The van der Waals surface area contributed by atoms with E-state index in [1.54, 1.807) is 0 Å². The summed E-state index contributed by atoms with van der Waals surface area (Å²) in [4.78, 5) is 0. The second-order valence-corrected chi connectivity index (χ2v) is 9.90. The molecular weight excluding hydrogens is 444 g/mol. The summed E-state index contributed by atoms with van der Waals surface area (Å²) in [5.41, 5.74) is 0. The van der Waals surface area contributed by atoms with Gasteiger partial charge in [-0.05, 0) is 31.6 Å². The lowest BCUT2D eigenvalue weighted by Crippen LogP contribution is -2.63. The molecule has 2 aliphatic carbocycles. The summed E-state index contributed by atoms with van der Waals surface area (Å²) >= 11 is 0. The van der Waals surface area contributed by atoms with Crippen molar-refractivity contribution in [1.82, 2.24) is 0 Å². The van der Waals surface area contributed by atoms with Crippen LogP contribution in [0.25, 0.3) is 0 Å². The lowest BCUT2D eigenvalue weighted by Gasteiger charge is -2.52. The van der Waals surface area contributed by atoms with Crippen LogP contribution in [0.5, 0.6) is 0 Å². The van der Waals surface area contributed by atoms with E-state index in [-0.39, 0.29) is 25.2 Å². The summed E-state index contributed by atoms with van der Waals surface area (Å²) in [5.74, 6) is -0.839. The van der Waals surface area contributed by atoms with E-state index in [1.807, 2.05) is 0 Å². The zero-order valence-electron chi connectivity index (χ0n) is 18.2. The maximum absolute atomic E-state index is 10.5. The topological polar surface area (TPSA) is 210 Å². The summed E-state index contributed by atoms with van der Waals surface area (Å²) in [5, 5.41) is 90.9. The first-order valence-corrected chi connectivity index (χ1v) is 11.6. The number of rotatable bonds is 4. The van der Waals surface area contributed by atoms with Crippen LogP contribution in [0.4, 0.5) is 0 Å². The molecule has 0 bridgehead atoms. The lowest BCUT2D eigenvalue weighted by molar-refractivity contribution is -0.335. The number of aliphatic hydroxyl groups is 9. The Kier molecular flexibility index (Phi) is 7.95. The van der Waals surface area contributed by atoms with Gasteiger partial charge >= 0.3 is 0 Å². The van der Waals surface area contributed by atoms with Crippen LogP contribution in [0, 0.1) is 11.8 Å². The van der Waals surface area contributed by atoms with Gasteiger partial charge in [0.2, 0.25) is 0 Å². The molecule has 2 saturated heterocycles. The highest BCUT2D eigenvalue weighted by Gasteiger charge is 2.53. The predicted octanol–water partition coefficient (Wildman–Crippen LogP) is -4.05. The van der Waals surface area contributed by atoms with Crippen molar-refractivity contribution < 1.29 is 60.2 Å². The van der Waals surface area contributed by atoms with Gasteiger partial charge in [-0.1, -0.05) is 0 Å². The van der Waals surface area contributed by atoms with E-state index in [2.05, 4.69) is 0 Å². The molecule has 0 aromatic rings. The van der Waals surface area contributed by atoms with Crippen LogP contribution in [-0.2, 0) is 14.2 Å². The first kappa shape index (κ1) is 25.6. The van der Waals surface area contributed by atoms with Crippen molar-refractivity contribution in [1.29, 1.82) is 0 Å². The molecule has 0 amide bonds. The first-order valence-electron chi connectivity index (χ1n) is 11.6. The number of ether oxygens (including phenoxy) is 3. The Balaban J connectivity index is 1.55. The highest BCUT2D eigenvalue weighted by molar-refractivity contribution is 5.01. The molecule has 4 rings (SSSR count). The highest BCUT2D eigenvalue weighted by Crippen LogP contribution is 2.43. The fourth-order valence-corrected chi connectivity index (χ4v) is 5.75. The highest BCUT2D eigenvalue weighted by atomic mass is 16.7. The van der Waals surface area contributed by atoms with Gasteiger partial charge < -0.3 is 60.2 Å². The minimum absolute atomic E-state index is 0.101. The average molecular weight is 481 g/mol. The van der Waals surface area contributed by atoms with E-state index in [9.17, 15) is 46.0 Å². The van der Waals surface area contributed by atoms with Gasteiger partial charge in [-0.3, -0.25) is 0 Å². The van der Waals surface area contributed by atoms with Gasteiger partial charge in [0.05, 0.1) is 49.3 Å². The van der Waals surface area contributed by atoms with Gasteiger partial charge in [0.25, 0.3) is 0 Å². The normalized spacial score (nSPS) is 55.7. The monoisotopic (exact) mass is 480 g/mol. The molecule has 12 heteroatoms. The second-order valence-electron chi connectivity index (χ2n) is 9.90. The first-order chi connectivity index (χ1) is 15.6. The third-order valence-corrected chi connectivity index (χ3v) is 7.78. The van der Waals surface area contributed by atoms with Crippen molar-refractivity contribution in [3.8, 4) is 0 Å². The predicted molar refractivity (Wildman–Crippen MR) is 107 cm³/mol. The van der Waals surface area contributed by atoms with Crippen molar-refractivity contribution in [3.63, 3.8) is 0 Å². The molecule has 9 N–H and O–H groups in total. The number of fused-ring (bicyclic) bond motifs is 1. The standard InChI is InChI=1S/C21H36O12/c22-6-14-17(28)18(29)19(30)21(33-14)32-13-4-8-12(5-11(25)16(27)15(8)26)31-20(13)7-1-2-9(23)10(24)3-7/h7-30H,1-6H2/t7?,8?,9?,10?,11?,12?,13?,14-,15?,16?,17-,18+,19-,20?,21-/m1/s1. The minimum atomic E-state index is -1.62. The van der Waals surface area contributed by atoms with Crippen LogP contribution in [0.3, 0.4) is 0 Å². The number of aliphatic hydroxyl groups excluding tert-OH is 9. The maximum Gasteiger partial charge on any atom is 0.187 e. The van der Waals surface area contributed by atoms with Crippen LogP contribution in [0.2, 0.25) is 0 Å². The van der Waals surface area contributed by atoms with Gasteiger partial charge in [-0.15, -0.1) is 0 Å². The molecule has 10 unspecified atom stereocenters. The zero-order valence-corrected chi connectivity index (χ0v) is 18.2. The molecule has 4 fully saturated rings. The maximum atomic E-state index is 10.5. The Hall–Kier alpha value is -0.480. The van der Waals surface area contributed by atoms with E-state index in [4.69, 9.17) is 14.2 Å². The van der Waals surface area contributed by atoms with E-state index in [0.29, 0.717) is 12.8 Å². The average Bonchev–Trinajstić information content (AvgIpc) is 2.79. The largest absolute Gasteiger partial charge is 0.394 e. The quantitative estimate of drug-likeness (QED) is 0.188. The van der Waals surface area contributed by atoms with Crippen LogP contribution in [0.15, 0.2) is 0 Å². The molecule has 0 aromatic heterocycles. The van der Waals surface area contributed by atoms with Gasteiger partial charge in [-0.25, -0.2) is 0 Å². The second kappa shape index (κ2) is 10.2. The van der Waals surface area contributed by atoms with Gasteiger partial charge in [0, 0.05) is 12.3 Å². The molecule has 192 valence electrons. The molecule has 15 atom stereocenters. The van der Waals surface area contributed by atoms with Crippen molar-refractivity contribution in [2.24, 2.45) is 11.8 Å². The van der Waals surface area contributed by atoms with Crippen molar-refractivity contribution >= 4 is 0 Å². The molecule has 2 heterocycles. The summed E-state index contributed by atoms with van der Waals surface area (Å²) in [6, 6.07) is 0. The number of hydrogen-bond donors (Lipinski definition) is 9. The van der Waals surface area contributed by atoms with Crippen LogP contribution in [-0.4, -0.2) is 132 Å². The van der Waals surface area contributed by atoms with Gasteiger partial charge in [-0.2, -0.15) is 0 Å². The zero-order chi connectivity index (χ0) is 24.0. The molecule has 0 aromatic carbocycles. The Morgan fingerprint density at radius 3 is 2.06 bits per heavy atom. The van der Waals surface area contributed by atoms with E-state index >= 15 is 0 Å². The molecule has 0 spiro atoms. The lowest BCUT2D eigenvalue weighted by atomic mass is 9.71. The van der Waals surface area contributed by atoms with E-state index in [0.717, 1.165) is 0 Å². The molecule has 2 aliphatic heterocycles. The molecule has 33 heavy (non-hydrogen) atoms. The summed E-state index contributed by atoms with van der Waals surface area (Å²) in [6.45, 7) is -0.615. The molecule has 2 saturated carbocycles. The fourth-order valence-electron chi connectivity index (χ4n) is 5.75. The third kappa shape index (κ3) is 4.95. The minimum Gasteiger partial charge on any atom is -0.394 e. The van der Waals surface area contributed by atoms with Crippen molar-refractivity contribution in [2.45, 2.75) is 112 Å². The summed E-state index contributed by atoms with van der Waals surface area (Å²) in [6.07, 6.45) is -13.7. The van der Waals surface area contributed by atoms with E-state index < -0.39 is 92.1 Å². The number of hydrogen-bond acceptors (Lipinski definition) is 12. The Labute approximate surface area is 191 Å². The van der Waals surface area contributed by atoms with Gasteiger partial charge in [0.1, 0.15) is 30.5 Å². The molecule has 4 aliphatic rings. The van der Waals surface area contributed by atoms with Crippen LogP contribution >= 0.6 is 0 Å². The summed E-state index contributed by atoms with van der Waals surface area (Å²) < 4.78 is 17.7. The molecule has 0 radical (unpaired) electrons. The smallest absolute Gasteiger partial charge is 0.187 e. The molecule has 12 nitrogen and oxygen atoms in total. The Morgan fingerprint density at radius 1 is 0.667 bits per heavy atom. The van der Waals surface area contributed by atoms with Crippen LogP contribution in [0.1, 0.15) is 32.1 Å². The van der Waals surface area contributed by atoms with Crippen molar-refractivity contribution in [3.05, 3.63) is 0 Å². The fraction of sp³-hybridized carbons (Fsp3) is 1.00. The van der Waals surface area contributed by atoms with Gasteiger partial charge in [0.15, 0.2) is 6.29 Å². The Bertz CT molecular complexity index is 651. The van der Waals surface area contributed by atoms with Crippen molar-refractivity contribution in [2.75, 3.05) is 6.61 Å². The summed E-state index contributed by atoms with van der Waals surface area (Å²) in [7, 11) is 0.